The second-order valence-electron chi connectivity index (χ2n) is 4.41. The van der Waals surface area contributed by atoms with Gasteiger partial charge in [0.1, 0.15) is 12.2 Å². The van der Waals surface area contributed by atoms with E-state index in [1.807, 2.05) is 32.0 Å². The van der Waals surface area contributed by atoms with Crippen molar-refractivity contribution in [1.82, 2.24) is 15.0 Å². The third kappa shape index (κ3) is 3.38. The van der Waals surface area contributed by atoms with Crippen LogP contribution >= 0.6 is 0 Å². The van der Waals surface area contributed by atoms with Crippen molar-refractivity contribution in [2.75, 3.05) is 5.32 Å². The van der Waals surface area contributed by atoms with Crippen LogP contribution in [0.2, 0.25) is 0 Å². The van der Waals surface area contributed by atoms with Crippen LogP contribution in [0.4, 0.5) is 5.69 Å². The summed E-state index contributed by atoms with van der Waals surface area (Å²) in [6.45, 7) is 3.90. The predicted molar refractivity (Wildman–Crippen MR) is 70.5 cm³/mol. The highest BCUT2D eigenvalue weighted by Gasteiger charge is 2.06. The summed E-state index contributed by atoms with van der Waals surface area (Å²) in [7, 11) is 0. The molecule has 1 heterocycles. The number of hydrogen-bond acceptors (Lipinski definition) is 4. The van der Waals surface area contributed by atoms with Gasteiger partial charge in [-0.1, -0.05) is 11.3 Å². The lowest BCUT2D eigenvalue weighted by Gasteiger charge is -2.07. The Bertz CT molecular complexity index is 592. The fourth-order valence-corrected chi connectivity index (χ4v) is 1.66. The number of aliphatic hydroxyl groups excluding tert-OH is 1. The number of aryl methyl sites for hydroxylation is 2. The van der Waals surface area contributed by atoms with Crippen molar-refractivity contribution in [3.8, 4) is 0 Å². The largest absolute Gasteiger partial charge is 0.390 e. The van der Waals surface area contributed by atoms with Crippen LogP contribution in [0, 0.1) is 13.8 Å². The highest BCUT2D eigenvalue weighted by molar-refractivity contribution is 5.90. The Balaban J connectivity index is 1.98. The Labute approximate surface area is 111 Å². The molecule has 0 aliphatic heterocycles. The van der Waals surface area contributed by atoms with E-state index in [0.717, 1.165) is 11.3 Å². The number of aliphatic hydroxyl groups is 1. The van der Waals surface area contributed by atoms with E-state index in [-0.39, 0.29) is 19.1 Å². The fourth-order valence-electron chi connectivity index (χ4n) is 1.66. The van der Waals surface area contributed by atoms with Gasteiger partial charge in [0.05, 0.1) is 12.8 Å². The van der Waals surface area contributed by atoms with Crippen molar-refractivity contribution < 1.29 is 9.90 Å². The number of nitrogens with zero attached hydrogens (tertiary/aromatic N) is 3. The van der Waals surface area contributed by atoms with E-state index >= 15 is 0 Å². The van der Waals surface area contributed by atoms with Gasteiger partial charge in [-0.25, -0.2) is 4.68 Å². The Hall–Kier alpha value is -2.21. The molecule has 0 saturated carbocycles. The second kappa shape index (κ2) is 5.62. The van der Waals surface area contributed by atoms with Crippen molar-refractivity contribution in [3.63, 3.8) is 0 Å². The van der Waals surface area contributed by atoms with Gasteiger partial charge in [-0.05, 0) is 37.1 Å². The quantitative estimate of drug-likeness (QED) is 0.860. The van der Waals surface area contributed by atoms with Crippen LogP contribution in [0.1, 0.15) is 16.8 Å². The first-order chi connectivity index (χ1) is 9.08. The lowest BCUT2D eigenvalue weighted by molar-refractivity contribution is -0.116. The van der Waals surface area contributed by atoms with Crippen LogP contribution in [0.15, 0.2) is 24.4 Å². The third-order valence-electron chi connectivity index (χ3n) is 2.84. The molecule has 1 amide bonds. The van der Waals surface area contributed by atoms with Crippen LogP contribution in [0.3, 0.4) is 0 Å². The molecule has 0 fully saturated rings. The van der Waals surface area contributed by atoms with Crippen LogP contribution in [-0.4, -0.2) is 26.0 Å². The summed E-state index contributed by atoms with van der Waals surface area (Å²) < 4.78 is 1.39. The van der Waals surface area contributed by atoms with E-state index in [1.165, 1.54) is 10.2 Å². The van der Waals surface area contributed by atoms with Gasteiger partial charge in [0.2, 0.25) is 5.91 Å². The monoisotopic (exact) mass is 260 g/mol. The molecule has 2 rings (SSSR count). The average molecular weight is 260 g/mol. The Morgan fingerprint density at radius 3 is 2.79 bits per heavy atom. The first kappa shape index (κ1) is 13.2. The van der Waals surface area contributed by atoms with Crippen LogP contribution in [0.5, 0.6) is 0 Å². The first-order valence-electron chi connectivity index (χ1n) is 5.95. The summed E-state index contributed by atoms with van der Waals surface area (Å²) in [5, 5.41) is 19.1. The zero-order chi connectivity index (χ0) is 13.8. The number of anilines is 1. The van der Waals surface area contributed by atoms with Crippen LogP contribution < -0.4 is 5.32 Å². The SMILES string of the molecule is Cc1ccc(NC(=O)Cn2cc(CO)nn2)cc1C. The van der Waals surface area contributed by atoms with E-state index in [2.05, 4.69) is 15.6 Å². The summed E-state index contributed by atoms with van der Waals surface area (Å²) in [4.78, 5) is 11.8. The molecule has 6 nitrogen and oxygen atoms in total. The van der Waals surface area contributed by atoms with E-state index in [4.69, 9.17) is 5.11 Å². The molecule has 0 radical (unpaired) electrons. The van der Waals surface area contributed by atoms with Crippen molar-refractivity contribution in [2.24, 2.45) is 0 Å². The molecular weight excluding hydrogens is 244 g/mol. The van der Waals surface area contributed by atoms with Gasteiger partial charge in [-0.15, -0.1) is 5.10 Å². The highest BCUT2D eigenvalue weighted by atomic mass is 16.3. The van der Waals surface area contributed by atoms with Crippen molar-refractivity contribution in [3.05, 3.63) is 41.2 Å². The molecule has 0 saturated heterocycles. The smallest absolute Gasteiger partial charge is 0.246 e. The number of benzene rings is 1. The average Bonchev–Trinajstić information content (AvgIpc) is 2.81. The molecule has 1 aromatic heterocycles. The van der Waals surface area contributed by atoms with Gasteiger partial charge in [0.25, 0.3) is 0 Å². The number of amides is 1. The summed E-state index contributed by atoms with van der Waals surface area (Å²) in [6, 6.07) is 5.75. The normalized spacial score (nSPS) is 10.5. The number of nitrogens with one attached hydrogen (secondary N) is 1. The zero-order valence-electron chi connectivity index (χ0n) is 10.9. The summed E-state index contributed by atoms with van der Waals surface area (Å²) >= 11 is 0. The molecule has 19 heavy (non-hydrogen) atoms. The van der Waals surface area contributed by atoms with Gasteiger partial charge in [-0.2, -0.15) is 0 Å². The predicted octanol–water partition coefficient (Wildman–Crippen LogP) is 1.03. The Morgan fingerprint density at radius 1 is 1.37 bits per heavy atom. The number of aromatic nitrogens is 3. The number of carbonyl (C=O) groups is 1. The molecule has 100 valence electrons. The molecule has 0 aliphatic rings. The van der Waals surface area contributed by atoms with E-state index in [1.54, 1.807) is 6.20 Å². The van der Waals surface area contributed by atoms with E-state index in [9.17, 15) is 4.79 Å². The number of carbonyl (C=O) groups excluding carboxylic acids is 1. The molecule has 2 N–H and O–H groups in total. The summed E-state index contributed by atoms with van der Waals surface area (Å²) in [5.74, 6) is -0.183. The minimum absolute atomic E-state index is 0.0694. The molecule has 0 bridgehead atoms. The minimum Gasteiger partial charge on any atom is -0.390 e. The zero-order valence-corrected chi connectivity index (χ0v) is 10.9. The molecule has 6 heteroatoms. The van der Waals surface area contributed by atoms with Crippen LogP contribution in [0.25, 0.3) is 0 Å². The molecule has 0 unspecified atom stereocenters. The fraction of sp³-hybridized carbons (Fsp3) is 0.308. The first-order valence-corrected chi connectivity index (χ1v) is 5.95. The van der Waals surface area contributed by atoms with E-state index in [0.29, 0.717) is 5.69 Å². The maximum atomic E-state index is 11.8. The third-order valence-corrected chi connectivity index (χ3v) is 2.84. The molecule has 2 aromatic rings. The van der Waals surface area contributed by atoms with Gasteiger partial charge < -0.3 is 10.4 Å². The Morgan fingerprint density at radius 2 is 2.16 bits per heavy atom. The topological polar surface area (TPSA) is 80.0 Å². The Kier molecular flexibility index (Phi) is 3.91. The molecule has 0 aliphatic carbocycles. The summed E-state index contributed by atoms with van der Waals surface area (Å²) in [5.41, 5.74) is 3.51. The van der Waals surface area contributed by atoms with Crippen LogP contribution in [-0.2, 0) is 17.9 Å². The molecule has 0 atom stereocenters. The maximum Gasteiger partial charge on any atom is 0.246 e. The lowest BCUT2D eigenvalue weighted by atomic mass is 10.1. The van der Waals surface area contributed by atoms with Crippen molar-refractivity contribution >= 4 is 11.6 Å². The van der Waals surface area contributed by atoms with E-state index < -0.39 is 0 Å². The van der Waals surface area contributed by atoms with Crippen molar-refractivity contribution in [2.45, 2.75) is 27.0 Å². The van der Waals surface area contributed by atoms with Gasteiger partial charge >= 0.3 is 0 Å². The van der Waals surface area contributed by atoms with Gasteiger partial charge in [-0.3, -0.25) is 4.79 Å². The highest BCUT2D eigenvalue weighted by Crippen LogP contribution is 2.14. The standard InChI is InChI=1S/C13H16N4O2/c1-9-3-4-11(5-10(9)2)14-13(19)7-17-6-12(8-18)15-16-17/h3-6,18H,7-8H2,1-2H3,(H,14,19). The number of hydrogen-bond donors (Lipinski definition) is 2. The van der Waals surface area contributed by atoms with Crippen molar-refractivity contribution in [1.29, 1.82) is 0 Å². The van der Waals surface area contributed by atoms with Gasteiger partial charge in [0, 0.05) is 5.69 Å². The number of rotatable bonds is 4. The summed E-state index contributed by atoms with van der Waals surface area (Å²) in [6.07, 6.45) is 1.54. The van der Waals surface area contributed by atoms with Gasteiger partial charge in [0.15, 0.2) is 0 Å². The lowest BCUT2D eigenvalue weighted by Crippen LogP contribution is -2.19. The molecular formula is C13H16N4O2. The maximum absolute atomic E-state index is 11.8. The molecule has 1 aromatic carbocycles. The minimum atomic E-state index is -0.183. The molecule has 0 spiro atoms. The second-order valence-corrected chi connectivity index (χ2v) is 4.41.